The van der Waals surface area contributed by atoms with Gasteiger partial charge >= 0.3 is 6.18 Å². The molecule has 6 heteroatoms. The molecule has 0 atom stereocenters. The van der Waals surface area contributed by atoms with Crippen molar-refractivity contribution in [2.75, 3.05) is 0 Å². The van der Waals surface area contributed by atoms with Crippen LogP contribution < -0.4 is 0 Å². The van der Waals surface area contributed by atoms with E-state index in [2.05, 4.69) is 10.1 Å². The van der Waals surface area contributed by atoms with Gasteiger partial charge < -0.3 is 0 Å². The van der Waals surface area contributed by atoms with Gasteiger partial charge in [-0.15, -0.1) is 0 Å². The van der Waals surface area contributed by atoms with Gasteiger partial charge in [0.15, 0.2) is 0 Å². The maximum Gasteiger partial charge on any atom is 0.416 e. The molecule has 1 aromatic carbocycles. The number of rotatable bonds is 2. The second kappa shape index (κ2) is 5.29. The van der Waals surface area contributed by atoms with E-state index in [1.54, 1.807) is 12.3 Å². The van der Waals surface area contributed by atoms with Crippen LogP contribution in [0.25, 0.3) is 17.1 Å². The van der Waals surface area contributed by atoms with Crippen LogP contribution in [0, 0.1) is 6.92 Å². The van der Waals surface area contributed by atoms with Crippen molar-refractivity contribution in [2.45, 2.75) is 13.1 Å². The zero-order chi connectivity index (χ0) is 15.7. The van der Waals surface area contributed by atoms with Crippen molar-refractivity contribution in [3.05, 3.63) is 66.0 Å². The third kappa shape index (κ3) is 2.86. The van der Waals surface area contributed by atoms with E-state index in [0.717, 1.165) is 23.5 Å². The average molecular weight is 303 g/mol. The molecule has 0 aliphatic rings. The monoisotopic (exact) mass is 303 g/mol. The third-order valence-electron chi connectivity index (χ3n) is 3.20. The minimum atomic E-state index is -4.33. The van der Waals surface area contributed by atoms with Crippen molar-refractivity contribution < 1.29 is 13.2 Å². The SMILES string of the molecule is Cc1cccc(-c2ccn(-c3ccc(C(F)(F)F)cc3)n2)n1. The molecule has 0 spiro atoms. The van der Waals surface area contributed by atoms with Gasteiger partial charge in [0.25, 0.3) is 0 Å². The van der Waals surface area contributed by atoms with Crippen molar-refractivity contribution in [1.82, 2.24) is 14.8 Å². The Kier molecular flexibility index (Phi) is 3.44. The number of aromatic nitrogens is 3. The van der Waals surface area contributed by atoms with E-state index in [0.29, 0.717) is 11.4 Å². The van der Waals surface area contributed by atoms with Crippen molar-refractivity contribution in [3.63, 3.8) is 0 Å². The van der Waals surface area contributed by atoms with E-state index < -0.39 is 11.7 Å². The Labute approximate surface area is 125 Å². The van der Waals surface area contributed by atoms with Crippen LogP contribution in [0.4, 0.5) is 13.2 Å². The van der Waals surface area contributed by atoms with E-state index in [9.17, 15) is 13.2 Å². The smallest absolute Gasteiger partial charge is 0.251 e. The molecule has 3 aromatic rings. The van der Waals surface area contributed by atoms with Gasteiger partial charge in [0.2, 0.25) is 0 Å². The zero-order valence-electron chi connectivity index (χ0n) is 11.7. The Bertz CT molecular complexity index is 789. The first-order chi connectivity index (χ1) is 10.4. The summed E-state index contributed by atoms with van der Waals surface area (Å²) in [5, 5.41) is 4.36. The van der Waals surface area contributed by atoms with Crippen molar-refractivity contribution in [1.29, 1.82) is 0 Å². The summed E-state index contributed by atoms with van der Waals surface area (Å²) in [5.41, 5.74) is 2.16. The topological polar surface area (TPSA) is 30.7 Å². The molecule has 22 heavy (non-hydrogen) atoms. The lowest BCUT2D eigenvalue weighted by Gasteiger charge is -2.07. The van der Waals surface area contributed by atoms with Crippen molar-refractivity contribution in [2.24, 2.45) is 0 Å². The molecule has 3 nitrogen and oxygen atoms in total. The first kappa shape index (κ1) is 14.3. The van der Waals surface area contributed by atoms with Gasteiger partial charge in [-0.1, -0.05) is 6.07 Å². The molecule has 0 N–H and O–H groups in total. The highest BCUT2D eigenvalue weighted by Crippen LogP contribution is 2.29. The Morgan fingerprint density at radius 3 is 2.27 bits per heavy atom. The number of halogens is 3. The third-order valence-corrected chi connectivity index (χ3v) is 3.20. The van der Waals surface area contributed by atoms with Crippen LogP contribution in [0.5, 0.6) is 0 Å². The molecule has 2 aromatic heterocycles. The predicted molar refractivity (Wildman–Crippen MR) is 76.5 cm³/mol. The van der Waals surface area contributed by atoms with Crippen LogP contribution >= 0.6 is 0 Å². The summed E-state index contributed by atoms with van der Waals surface area (Å²) >= 11 is 0. The molecule has 0 fully saturated rings. The average Bonchev–Trinajstić information content (AvgIpc) is 2.96. The molecule has 0 saturated carbocycles. The number of benzene rings is 1. The van der Waals surface area contributed by atoms with Crippen LogP contribution in [0.1, 0.15) is 11.3 Å². The fraction of sp³-hybridized carbons (Fsp3) is 0.125. The van der Waals surface area contributed by atoms with Gasteiger partial charge in [0.05, 0.1) is 16.9 Å². The predicted octanol–water partition coefficient (Wildman–Crippen LogP) is 4.26. The summed E-state index contributed by atoms with van der Waals surface area (Å²) in [6, 6.07) is 12.3. The highest BCUT2D eigenvalue weighted by Gasteiger charge is 2.30. The first-order valence-electron chi connectivity index (χ1n) is 6.61. The molecule has 0 aliphatic heterocycles. The van der Waals surface area contributed by atoms with Gasteiger partial charge in [-0.25, -0.2) is 4.68 Å². The number of pyridine rings is 1. The maximum atomic E-state index is 12.6. The van der Waals surface area contributed by atoms with E-state index >= 15 is 0 Å². The minimum Gasteiger partial charge on any atom is -0.251 e. The summed E-state index contributed by atoms with van der Waals surface area (Å²) in [6.45, 7) is 1.89. The summed E-state index contributed by atoms with van der Waals surface area (Å²) in [4.78, 5) is 4.37. The number of alkyl halides is 3. The first-order valence-corrected chi connectivity index (χ1v) is 6.61. The number of nitrogens with zero attached hydrogens (tertiary/aromatic N) is 3. The summed E-state index contributed by atoms with van der Waals surface area (Å²) in [6.07, 6.45) is -2.64. The summed E-state index contributed by atoms with van der Waals surface area (Å²) in [5.74, 6) is 0. The van der Waals surface area contributed by atoms with Gasteiger partial charge in [0.1, 0.15) is 5.69 Å². The fourth-order valence-corrected chi connectivity index (χ4v) is 2.09. The quantitative estimate of drug-likeness (QED) is 0.708. The Hall–Kier alpha value is -2.63. The van der Waals surface area contributed by atoms with Crippen LogP contribution in [0.15, 0.2) is 54.7 Å². The van der Waals surface area contributed by atoms with Crippen molar-refractivity contribution >= 4 is 0 Å². The molecule has 0 radical (unpaired) electrons. The summed E-state index contributed by atoms with van der Waals surface area (Å²) in [7, 11) is 0. The van der Waals surface area contributed by atoms with E-state index in [1.807, 2.05) is 25.1 Å². The van der Waals surface area contributed by atoms with Gasteiger partial charge in [-0.2, -0.15) is 18.3 Å². The Morgan fingerprint density at radius 1 is 0.909 bits per heavy atom. The van der Waals surface area contributed by atoms with Crippen LogP contribution in [-0.4, -0.2) is 14.8 Å². The largest absolute Gasteiger partial charge is 0.416 e. The maximum absolute atomic E-state index is 12.6. The summed E-state index contributed by atoms with van der Waals surface area (Å²) < 4.78 is 39.2. The lowest BCUT2D eigenvalue weighted by Crippen LogP contribution is -2.05. The van der Waals surface area contributed by atoms with Gasteiger partial charge in [0, 0.05) is 11.9 Å². The lowest BCUT2D eigenvalue weighted by atomic mass is 10.2. The molecule has 0 bridgehead atoms. The fourth-order valence-electron chi connectivity index (χ4n) is 2.09. The Balaban J connectivity index is 1.91. The Morgan fingerprint density at radius 2 is 1.64 bits per heavy atom. The molecule has 2 heterocycles. The molecular formula is C16H12F3N3. The number of hydrogen-bond donors (Lipinski definition) is 0. The van der Waals surface area contributed by atoms with Crippen molar-refractivity contribution in [3.8, 4) is 17.1 Å². The molecule has 0 unspecified atom stereocenters. The van der Waals surface area contributed by atoms with E-state index in [4.69, 9.17) is 0 Å². The van der Waals surface area contributed by atoms with Crippen LogP contribution in [0.2, 0.25) is 0 Å². The standard InChI is InChI=1S/C16H12F3N3/c1-11-3-2-4-14(20-11)15-9-10-22(21-15)13-7-5-12(6-8-13)16(17,18)19/h2-10H,1H3. The molecule has 0 amide bonds. The van der Waals surface area contributed by atoms with E-state index in [-0.39, 0.29) is 0 Å². The van der Waals surface area contributed by atoms with Gasteiger partial charge in [-0.3, -0.25) is 4.98 Å². The zero-order valence-corrected chi connectivity index (χ0v) is 11.7. The lowest BCUT2D eigenvalue weighted by molar-refractivity contribution is -0.137. The van der Waals surface area contributed by atoms with E-state index in [1.165, 1.54) is 16.8 Å². The van der Waals surface area contributed by atoms with Crippen LogP contribution in [-0.2, 0) is 6.18 Å². The normalized spacial score (nSPS) is 11.6. The number of aryl methyl sites for hydroxylation is 1. The molecular weight excluding hydrogens is 291 g/mol. The molecule has 112 valence electrons. The molecule has 0 saturated heterocycles. The highest BCUT2D eigenvalue weighted by atomic mass is 19.4. The number of hydrogen-bond acceptors (Lipinski definition) is 2. The van der Waals surface area contributed by atoms with Gasteiger partial charge in [-0.05, 0) is 49.4 Å². The molecule has 3 rings (SSSR count). The second-order valence-corrected chi connectivity index (χ2v) is 4.85. The second-order valence-electron chi connectivity index (χ2n) is 4.85. The molecule has 0 aliphatic carbocycles. The van der Waals surface area contributed by atoms with Crippen LogP contribution in [0.3, 0.4) is 0 Å². The minimum absolute atomic E-state index is 0.562. The highest BCUT2D eigenvalue weighted by molar-refractivity contribution is 5.54.